The highest BCUT2D eigenvalue weighted by molar-refractivity contribution is 5.77. The molecule has 0 atom stereocenters. The molecule has 0 aliphatic carbocycles. The summed E-state index contributed by atoms with van der Waals surface area (Å²) in [6, 6.07) is 12.1. The first kappa shape index (κ1) is 13.3. The Kier molecular flexibility index (Phi) is 5.11. The summed E-state index contributed by atoms with van der Waals surface area (Å²) in [5, 5.41) is 1.20. The van der Waals surface area contributed by atoms with E-state index in [1.165, 1.54) is 18.2 Å². The first-order chi connectivity index (χ1) is 9.40. The molecule has 98 valence electrons. The molecular formula is C16H19N3. The number of nitrogens with one attached hydrogen (secondary N) is 1. The van der Waals surface area contributed by atoms with Crippen LogP contribution in [0.3, 0.4) is 0 Å². The number of aryl methyl sites for hydroxylation is 1. The van der Waals surface area contributed by atoms with Crippen molar-refractivity contribution in [1.29, 1.82) is 0 Å². The molecule has 0 saturated heterocycles. The minimum absolute atomic E-state index is 1.06. The average Bonchev–Trinajstić information content (AvgIpc) is 2.99. The zero-order valence-electron chi connectivity index (χ0n) is 11.2. The van der Waals surface area contributed by atoms with Crippen LogP contribution in [0, 0.1) is 0 Å². The summed E-state index contributed by atoms with van der Waals surface area (Å²) < 4.78 is 0. The van der Waals surface area contributed by atoms with Gasteiger partial charge in [0, 0.05) is 30.4 Å². The molecule has 3 nitrogen and oxygen atoms in total. The lowest BCUT2D eigenvalue weighted by molar-refractivity contribution is 0.762. The van der Waals surface area contributed by atoms with Gasteiger partial charge in [-0.3, -0.25) is 4.98 Å². The highest BCUT2D eigenvalue weighted by Crippen LogP contribution is 2.07. The van der Waals surface area contributed by atoms with E-state index in [-0.39, 0.29) is 0 Å². The number of H-pyrrole nitrogens is 1. The minimum Gasteiger partial charge on any atom is -0.349 e. The number of para-hydroxylation sites is 1. The summed E-state index contributed by atoms with van der Waals surface area (Å²) in [7, 11) is 0. The molecule has 3 aromatic rings. The molecule has 0 aliphatic heterocycles. The minimum atomic E-state index is 1.06. The summed E-state index contributed by atoms with van der Waals surface area (Å²) in [5.41, 5.74) is 1.06. The Bertz CT molecular complexity index is 522. The molecule has 19 heavy (non-hydrogen) atoms. The number of pyridine rings is 1. The molecule has 0 saturated carbocycles. The van der Waals surface area contributed by atoms with Crippen molar-refractivity contribution in [2.75, 3.05) is 0 Å². The zero-order chi connectivity index (χ0) is 13.3. The van der Waals surface area contributed by atoms with Gasteiger partial charge in [-0.1, -0.05) is 37.6 Å². The van der Waals surface area contributed by atoms with Crippen molar-refractivity contribution in [3.05, 3.63) is 60.8 Å². The van der Waals surface area contributed by atoms with Gasteiger partial charge in [-0.2, -0.15) is 0 Å². The van der Waals surface area contributed by atoms with Gasteiger partial charge < -0.3 is 4.98 Å². The van der Waals surface area contributed by atoms with Crippen molar-refractivity contribution in [3.8, 4) is 0 Å². The van der Waals surface area contributed by atoms with Crippen LogP contribution in [0.1, 0.15) is 25.6 Å². The van der Waals surface area contributed by atoms with E-state index in [0.29, 0.717) is 0 Å². The molecule has 1 aromatic carbocycles. The number of aromatic amines is 1. The molecule has 0 amide bonds. The predicted octanol–water partition coefficient (Wildman–Crippen LogP) is 3.99. The largest absolute Gasteiger partial charge is 0.349 e. The van der Waals surface area contributed by atoms with E-state index in [1.54, 1.807) is 6.20 Å². The van der Waals surface area contributed by atoms with E-state index in [1.807, 2.05) is 36.7 Å². The SMILES string of the molecule is CCCCc1ncc[nH]1.c1ccc2ncccc2c1. The van der Waals surface area contributed by atoms with Crippen LogP contribution in [0.2, 0.25) is 0 Å². The van der Waals surface area contributed by atoms with Gasteiger partial charge in [-0.25, -0.2) is 4.98 Å². The topological polar surface area (TPSA) is 41.6 Å². The lowest BCUT2D eigenvalue weighted by Crippen LogP contribution is -1.85. The van der Waals surface area contributed by atoms with Gasteiger partial charge in [0.05, 0.1) is 5.52 Å². The van der Waals surface area contributed by atoms with Gasteiger partial charge >= 0.3 is 0 Å². The van der Waals surface area contributed by atoms with Gasteiger partial charge in [-0.15, -0.1) is 0 Å². The van der Waals surface area contributed by atoms with Crippen molar-refractivity contribution >= 4 is 10.9 Å². The van der Waals surface area contributed by atoms with Crippen LogP contribution in [0.5, 0.6) is 0 Å². The van der Waals surface area contributed by atoms with E-state index in [2.05, 4.69) is 34.0 Å². The smallest absolute Gasteiger partial charge is 0.105 e. The van der Waals surface area contributed by atoms with E-state index in [9.17, 15) is 0 Å². The van der Waals surface area contributed by atoms with Crippen LogP contribution in [0.15, 0.2) is 55.0 Å². The van der Waals surface area contributed by atoms with Gasteiger partial charge in [0.1, 0.15) is 5.82 Å². The van der Waals surface area contributed by atoms with Crippen molar-refractivity contribution < 1.29 is 0 Å². The van der Waals surface area contributed by atoms with Crippen LogP contribution >= 0.6 is 0 Å². The third-order valence-electron chi connectivity index (χ3n) is 2.83. The highest BCUT2D eigenvalue weighted by Gasteiger charge is 1.90. The third-order valence-corrected chi connectivity index (χ3v) is 2.83. The Labute approximate surface area is 113 Å². The molecule has 3 heteroatoms. The van der Waals surface area contributed by atoms with Crippen molar-refractivity contribution in [3.63, 3.8) is 0 Å². The van der Waals surface area contributed by atoms with Crippen LogP contribution < -0.4 is 0 Å². The number of rotatable bonds is 3. The van der Waals surface area contributed by atoms with Crippen LogP contribution in [-0.2, 0) is 6.42 Å². The monoisotopic (exact) mass is 253 g/mol. The first-order valence-electron chi connectivity index (χ1n) is 6.68. The normalized spacial score (nSPS) is 9.95. The Morgan fingerprint density at radius 3 is 2.58 bits per heavy atom. The summed E-state index contributed by atoms with van der Waals surface area (Å²) in [4.78, 5) is 11.3. The van der Waals surface area contributed by atoms with Gasteiger partial charge in [0.15, 0.2) is 0 Å². The summed E-state index contributed by atoms with van der Waals surface area (Å²) in [6.45, 7) is 2.18. The number of hydrogen-bond donors (Lipinski definition) is 1. The fourth-order valence-corrected chi connectivity index (χ4v) is 1.79. The van der Waals surface area contributed by atoms with E-state index >= 15 is 0 Å². The number of nitrogens with zero attached hydrogens (tertiary/aromatic N) is 2. The third kappa shape index (κ3) is 4.21. The maximum atomic E-state index is 4.18. The number of hydrogen-bond acceptors (Lipinski definition) is 2. The van der Waals surface area contributed by atoms with Crippen LogP contribution in [-0.4, -0.2) is 15.0 Å². The predicted molar refractivity (Wildman–Crippen MR) is 78.9 cm³/mol. The molecule has 0 aliphatic rings. The Balaban J connectivity index is 0.000000141. The first-order valence-corrected chi connectivity index (χ1v) is 6.68. The van der Waals surface area contributed by atoms with Gasteiger partial charge in [-0.05, 0) is 18.6 Å². The Hall–Kier alpha value is -2.16. The average molecular weight is 253 g/mol. The van der Waals surface area contributed by atoms with Crippen molar-refractivity contribution in [1.82, 2.24) is 15.0 Å². The van der Waals surface area contributed by atoms with Crippen molar-refractivity contribution in [2.45, 2.75) is 26.2 Å². The quantitative estimate of drug-likeness (QED) is 0.767. The molecule has 2 heterocycles. The lowest BCUT2D eigenvalue weighted by atomic mass is 10.2. The van der Waals surface area contributed by atoms with E-state index in [4.69, 9.17) is 0 Å². The molecule has 3 rings (SSSR count). The van der Waals surface area contributed by atoms with E-state index in [0.717, 1.165) is 17.8 Å². The molecule has 0 bridgehead atoms. The fourth-order valence-electron chi connectivity index (χ4n) is 1.79. The number of fused-ring (bicyclic) bond motifs is 1. The van der Waals surface area contributed by atoms with Crippen molar-refractivity contribution in [2.24, 2.45) is 0 Å². The fraction of sp³-hybridized carbons (Fsp3) is 0.250. The number of benzene rings is 1. The second-order valence-electron chi connectivity index (χ2n) is 4.34. The molecule has 1 N–H and O–H groups in total. The maximum absolute atomic E-state index is 4.18. The van der Waals surface area contributed by atoms with Crippen LogP contribution in [0.4, 0.5) is 0 Å². The molecule has 0 fully saturated rings. The molecule has 0 spiro atoms. The van der Waals surface area contributed by atoms with Crippen LogP contribution in [0.25, 0.3) is 10.9 Å². The number of unbranched alkanes of at least 4 members (excludes halogenated alkanes) is 1. The Morgan fingerprint density at radius 1 is 1.00 bits per heavy atom. The van der Waals surface area contributed by atoms with E-state index < -0.39 is 0 Å². The standard InChI is InChI=1S/C9H7N.C7H12N2/c1-2-6-9-8(4-1)5-3-7-10-9;1-2-3-4-7-8-5-6-9-7/h1-7H;5-6H,2-4H2,1H3,(H,8,9). The number of imidazole rings is 1. The van der Waals surface area contributed by atoms with Gasteiger partial charge in [0.25, 0.3) is 0 Å². The molecule has 2 aromatic heterocycles. The molecule has 0 unspecified atom stereocenters. The lowest BCUT2D eigenvalue weighted by Gasteiger charge is -1.91. The Morgan fingerprint density at radius 2 is 1.84 bits per heavy atom. The molecule has 0 radical (unpaired) electrons. The summed E-state index contributed by atoms with van der Waals surface area (Å²) >= 11 is 0. The number of aromatic nitrogens is 3. The maximum Gasteiger partial charge on any atom is 0.105 e. The zero-order valence-corrected chi connectivity index (χ0v) is 11.2. The highest BCUT2D eigenvalue weighted by atomic mass is 14.9. The van der Waals surface area contributed by atoms with Gasteiger partial charge in [0.2, 0.25) is 0 Å². The summed E-state index contributed by atoms with van der Waals surface area (Å²) in [6.07, 6.45) is 9.02. The molecular weight excluding hydrogens is 234 g/mol. The second kappa shape index (κ2) is 7.31. The second-order valence-corrected chi connectivity index (χ2v) is 4.34. The summed E-state index contributed by atoms with van der Waals surface area (Å²) in [5.74, 6) is 1.11.